The molecule has 2 fully saturated rings. The molecular formula is C24H30N4O5S2. The first-order chi connectivity index (χ1) is 16.7. The number of nitrogens with zero attached hydrogens (tertiary/aromatic N) is 4. The van der Waals surface area contributed by atoms with Gasteiger partial charge in [-0.3, -0.25) is 23.9 Å². The summed E-state index contributed by atoms with van der Waals surface area (Å²) < 4.78 is 12.2. The van der Waals surface area contributed by atoms with E-state index in [1.807, 2.05) is 11.0 Å². The highest BCUT2D eigenvalue weighted by Crippen LogP contribution is 2.36. The summed E-state index contributed by atoms with van der Waals surface area (Å²) in [6.07, 6.45) is 3.82. The molecule has 2 aliphatic heterocycles. The molecule has 1 atom stereocenters. The number of anilines is 1. The molecule has 2 saturated heterocycles. The van der Waals surface area contributed by atoms with Crippen molar-refractivity contribution in [3.63, 3.8) is 0 Å². The van der Waals surface area contributed by atoms with Gasteiger partial charge in [0.05, 0.1) is 17.4 Å². The fourth-order valence-corrected chi connectivity index (χ4v) is 5.70. The van der Waals surface area contributed by atoms with Gasteiger partial charge in [0.1, 0.15) is 21.8 Å². The number of ether oxygens (including phenoxy) is 2. The van der Waals surface area contributed by atoms with Crippen LogP contribution in [0.25, 0.3) is 6.08 Å². The summed E-state index contributed by atoms with van der Waals surface area (Å²) in [5.74, 6) is -0.213. The van der Waals surface area contributed by atoms with Crippen molar-refractivity contribution in [1.82, 2.24) is 9.47 Å². The van der Waals surface area contributed by atoms with Crippen molar-refractivity contribution < 1.29 is 19.1 Å². The predicted molar refractivity (Wildman–Crippen MR) is 139 cm³/mol. The van der Waals surface area contributed by atoms with Crippen LogP contribution in [0.5, 0.6) is 0 Å². The van der Waals surface area contributed by atoms with Crippen LogP contribution in [0.2, 0.25) is 0 Å². The average Bonchev–Trinajstić information content (AvgIpc) is 3.10. The predicted octanol–water partition coefficient (Wildman–Crippen LogP) is 2.58. The molecule has 0 N–H and O–H groups in total. The molecule has 0 spiro atoms. The van der Waals surface area contributed by atoms with Crippen molar-refractivity contribution in [2.24, 2.45) is 13.0 Å². The molecule has 1 unspecified atom stereocenters. The van der Waals surface area contributed by atoms with Crippen LogP contribution in [-0.2, 0) is 26.1 Å². The Morgan fingerprint density at radius 3 is 2.77 bits per heavy atom. The summed E-state index contributed by atoms with van der Waals surface area (Å²) in [7, 11) is 3.22. The van der Waals surface area contributed by atoms with Crippen LogP contribution < -0.4 is 10.5 Å². The van der Waals surface area contributed by atoms with Gasteiger partial charge < -0.3 is 14.4 Å². The van der Waals surface area contributed by atoms with Crippen LogP contribution in [-0.4, -0.2) is 65.6 Å². The van der Waals surface area contributed by atoms with Crippen molar-refractivity contribution in [1.29, 1.82) is 5.26 Å². The van der Waals surface area contributed by atoms with Gasteiger partial charge in [0.2, 0.25) is 0 Å². The minimum absolute atomic E-state index is 0.0250. The summed E-state index contributed by atoms with van der Waals surface area (Å²) in [5.41, 5.74) is 0.707. The van der Waals surface area contributed by atoms with Gasteiger partial charge in [-0.25, -0.2) is 0 Å². The standard InChI is InChI=1S/C24H30N4O5S2/c1-5-33-23(31)16-8-6-9-27(14-16)20-17(15(2)18(13-25)21(29)26(20)3)12-19-22(30)28(24(34)35-19)10-7-11-32-4/h12,16H,5-11,14H2,1-4H3. The van der Waals surface area contributed by atoms with Gasteiger partial charge in [-0.1, -0.05) is 24.0 Å². The average molecular weight is 519 g/mol. The number of aromatic nitrogens is 1. The van der Waals surface area contributed by atoms with Gasteiger partial charge in [0.15, 0.2) is 0 Å². The Kier molecular flexibility index (Phi) is 9.10. The van der Waals surface area contributed by atoms with Gasteiger partial charge in [-0.2, -0.15) is 5.26 Å². The van der Waals surface area contributed by atoms with Gasteiger partial charge in [0, 0.05) is 46.0 Å². The van der Waals surface area contributed by atoms with E-state index in [1.165, 1.54) is 16.3 Å². The number of carbonyl (C=O) groups excluding carboxylic acids is 2. The van der Waals surface area contributed by atoms with Gasteiger partial charge in [-0.05, 0) is 44.7 Å². The van der Waals surface area contributed by atoms with Crippen molar-refractivity contribution in [2.45, 2.75) is 33.1 Å². The van der Waals surface area contributed by atoms with Crippen molar-refractivity contribution in [3.05, 3.63) is 31.9 Å². The van der Waals surface area contributed by atoms with E-state index < -0.39 is 5.56 Å². The minimum Gasteiger partial charge on any atom is -0.466 e. The SMILES string of the molecule is CCOC(=O)C1CCCN(c2c(C=C3SC(=S)N(CCCOC)C3=O)c(C)c(C#N)c(=O)n2C)C1. The molecule has 1 amide bonds. The third kappa shape index (κ3) is 5.60. The van der Waals surface area contributed by atoms with E-state index in [0.29, 0.717) is 71.9 Å². The molecule has 11 heteroatoms. The molecule has 1 aromatic rings. The van der Waals surface area contributed by atoms with Gasteiger partial charge >= 0.3 is 5.97 Å². The molecule has 0 saturated carbocycles. The molecule has 9 nitrogen and oxygen atoms in total. The second-order valence-corrected chi connectivity index (χ2v) is 10.1. The molecule has 188 valence electrons. The minimum atomic E-state index is -0.414. The van der Waals surface area contributed by atoms with E-state index in [4.69, 9.17) is 21.7 Å². The number of thioether (sulfide) groups is 1. The zero-order valence-electron chi connectivity index (χ0n) is 20.5. The molecule has 0 bridgehead atoms. The number of piperidine rings is 1. The lowest BCUT2D eigenvalue weighted by Gasteiger charge is -2.35. The van der Waals surface area contributed by atoms with Gasteiger partial charge in [-0.15, -0.1) is 0 Å². The normalized spacial score (nSPS) is 19.4. The Labute approximate surface area is 214 Å². The number of hydrogen-bond acceptors (Lipinski definition) is 9. The lowest BCUT2D eigenvalue weighted by Crippen LogP contribution is -2.42. The van der Waals surface area contributed by atoms with Gasteiger partial charge in [0.25, 0.3) is 11.5 Å². The van der Waals surface area contributed by atoms with E-state index in [-0.39, 0.29) is 23.4 Å². The lowest BCUT2D eigenvalue weighted by molar-refractivity contribution is -0.148. The number of pyridine rings is 1. The number of nitriles is 1. The topological polar surface area (TPSA) is 105 Å². The monoisotopic (exact) mass is 518 g/mol. The van der Waals surface area contributed by atoms with Crippen LogP contribution in [0.4, 0.5) is 5.82 Å². The smallest absolute Gasteiger partial charge is 0.310 e. The fraction of sp³-hybridized carbons (Fsp3) is 0.542. The summed E-state index contributed by atoms with van der Waals surface area (Å²) in [6, 6.07) is 2.01. The van der Waals surface area contributed by atoms with E-state index in [9.17, 15) is 19.6 Å². The maximum atomic E-state index is 13.1. The van der Waals surface area contributed by atoms with E-state index >= 15 is 0 Å². The van der Waals surface area contributed by atoms with Crippen molar-refractivity contribution in [2.75, 3.05) is 44.9 Å². The number of amides is 1. The second kappa shape index (κ2) is 11.8. The molecule has 3 rings (SSSR count). The van der Waals surface area contributed by atoms with Crippen LogP contribution in [0, 0.1) is 24.2 Å². The molecule has 0 aliphatic carbocycles. The third-order valence-corrected chi connectivity index (χ3v) is 7.57. The maximum Gasteiger partial charge on any atom is 0.310 e. The highest BCUT2D eigenvalue weighted by Gasteiger charge is 2.34. The summed E-state index contributed by atoms with van der Waals surface area (Å²) in [5, 5.41) is 9.67. The number of carbonyl (C=O) groups is 2. The Morgan fingerprint density at radius 1 is 1.37 bits per heavy atom. The second-order valence-electron chi connectivity index (χ2n) is 8.43. The molecule has 3 heterocycles. The van der Waals surface area contributed by atoms with Crippen molar-refractivity contribution >= 4 is 52.1 Å². The van der Waals surface area contributed by atoms with Crippen molar-refractivity contribution in [3.8, 4) is 6.07 Å². The lowest BCUT2D eigenvalue weighted by atomic mass is 9.96. The maximum absolute atomic E-state index is 13.1. The number of methoxy groups -OCH3 is 1. The number of hydrogen-bond donors (Lipinski definition) is 0. The number of rotatable bonds is 8. The molecule has 1 aromatic heterocycles. The molecule has 0 radical (unpaired) electrons. The zero-order valence-corrected chi connectivity index (χ0v) is 22.1. The van der Waals surface area contributed by atoms with E-state index in [2.05, 4.69) is 0 Å². The third-order valence-electron chi connectivity index (χ3n) is 6.19. The summed E-state index contributed by atoms with van der Waals surface area (Å²) >= 11 is 6.63. The van der Waals surface area contributed by atoms with E-state index in [1.54, 1.807) is 39.0 Å². The first-order valence-electron chi connectivity index (χ1n) is 11.5. The Hall–Kier alpha value is -2.68. The quantitative estimate of drug-likeness (QED) is 0.222. The first-order valence-corrected chi connectivity index (χ1v) is 12.8. The first kappa shape index (κ1) is 26.9. The Bertz CT molecular complexity index is 1150. The summed E-state index contributed by atoms with van der Waals surface area (Å²) in [4.78, 5) is 42.5. The van der Waals surface area contributed by atoms with E-state index in [0.717, 1.165) is 6.42 Å². The highest BCUT2D eigenvalue weighted by molar-refractivity contribution is 8.26. The van der Waals surface area contributed by atoms with Crippen LogP contribution in [0.1, 0.15) is 42.9 Å². The molecule has 2 aliphatic rings. The Morgan fingerprint density at radius 2 is 2.11 bits per heavy atom. The largest absolute Gasteiger partial charge is 0.466 e. The number of thiocarbonyl (C=S) groups is 1. The molecular weight excluding hydrogens is 488 g/mol. The zero-order chi connectivity index (χ0) is 25.7. The highest BCUT2D eigenvalue weighted by atomic mass is 32.2. The summed E-state index contributed by atoms with van der Waals surface area (Å²) in [6.45, 7) is 5.77. The molecule has 0 aromatic carbocycles. The molecule has 35 heavy (non-hydrogen) atoms. The number of esters is 1. The van der Waals surface area contributed by atoms with Crippen LogP contribution in [0.3, 0.4) is 0 Å². The fourth-order valence-electron chi connectivity index (χ4n) is 4.41. The van der Waals surface area contributed by atoms with Crippen LogP contribution in [0.15, 0.2) is 9.70 Å². The Balaban J connectivity index is 2.06. The van der Waals surface area contributed by atoms with Crippen LogP contribution >= 0.6 is 24.0 Å².